The first-order valence-corrected chi connectivity index (χ1v) is 4.84. The Morgan fingerprint density at radius 1 is 1.38 bits per heavy atom. The van der Waals surface area contributed by atoms with E-state index in [0.717, 1.165) is 0 Å². The Labute approximate surface area is 73.6 Å². The minimum absolute atomic E-state index is 0.269. The van der Waals surface area contributed by atoms with Crippen molar-refractivity contribution in [3.8, 4) is 0 Å². The predicted octanol–water partition coefficient (Wildman–Crippen LogP) is 1.22. The number of aromatic nitrogens is 2. The lowest BCUT2D eigenvalue weighted by Gasteiger charge is -1.94. The third kappa shape index (κ3) is 1.29. The first kappa shape index (κ1) is 8.18. The van der Waals surface area contributed by atoms with Gasteiger partial charge in [0.05, 0.1) is 11.7 Å². The van der Waals surface area contributed by atoms with E-state index in [2.05, 4.69) is 10.2 Å². The van der Waals surface area contributed by atoms with Gasteiger partial charge in [-0.2, -0.15) is 13.5 Å². The molecule has 4 nitrogen and oxygen atoms in total. The molecule has 1 heterocycles. The van der Waals surface area contributed by atoms with Crippen LogP contribution in [-0.2, 0) is 10.2 Å². The SMILES string of the molecule is O=S(=O)(F)c1cccc2[nH]ncc12. The summed E-state index contributed by atoms with van der Waals surface area (Å²) in [6.45, 7) is 0. The van der Waals surface area contributed by atoms with E-state index < -0.39 is 10.2 Å². The fourth-order valence-corrected chi connectivity index (χ4v) is 1.82. The molecule has 1 N–H and O–H groups in total. The third-order valence-corrected chi connectivity index (χ3v) is 2.59. The van der Waals surface area contributed by atoms with Crippen LogP contribution in [0.2, 0.25) is 0 Å². The van der Waals surface area contributed by atoms with Gasteiger partial charge in [0, 0.05) is 5.39 Å². The molecule has 2 aromatic rings. The zero-order chi connectivity index (χ0) is 9.47. The minimum atomic E-state index is -4.66. The van der Waals surface area contributed by atoms with Crippen molar-refractivity contribution in [2.24, 2.45) is 0 Å². The molecule has 0 spiro atoms. The first-order chi connectivity index (χ1) is 6.09. The van der Waals surface area contributed by atoms with E-state index in [1.165, 1.54) is 18.3 Å². The van der Waals surface area contributed by atoms with Gasteiger partial charge in [-0.05, 0) is 12.1 Å². The van der Waals surface area contributed by atoms with E-state index in [-0.39, 0.29) is 10.3 Å². The summed E-state index contributed by atoms with van der Waals surface area (Å²) in [5, 5.41) is 6.44. The number of H-pyrrole nitrogens is 1. The summed E-state index contributed by atoms with van der Waals surface area (Å²) in [5.41, 5.74) is 0.499. The van der Waals surface area contributed by atoms with E-state index >= 15 is 0 Å². The zero-order valence-electron chi connectivity index (χ0n) is 6.36. The van der Waals surface area contributed by atoms with Crippen LogP contribution in [0.4, 0.5) is 3.89 Å². The molecule has 0 unspecified atom stereocenters. The van der Waals surface area contributed by atoms with E-state index in [1.807, 2.05) is 0 Å². The molecule has 0 saturated carbocycles. The molecule has 0 aliphatic carbocycles. The summed E-state index contributed by atoms with van der Waals surface area (Å²) >= 11 is 0. The van der Waals surface area contributed by atoms with Gasteiger partial charge in [-0.1, -0.05) is 6.07 Å². The smallest absolute Gasteiger partial charge is 0.278 e. The molecule has 0 atom stereocenters. The number of benzene rings is 1. The highest BCUT2D eigenvalue weighted by Gasteiger charge is 2.15. The summed E-state index contributed by atoms with van der Waals surface area (Å²) in [5.74, 6) is 0. The van der Waals surface area contributed by atoms with Crippen LogP contribution in [-0.4, -0.2) is 18.6 Å². The molecule has 0 radical (unpaired) electrons. The monoisotopic (exact) mass is 200 g/mol. The number of rotatable bonds is 1. The highest BCUT2D eigenvalue weighted by molar-refractivity contribution is 7.86. The van der Waals surface area contributed by atoms with Gasteiger partial charge in [-0.3, -0.25) is 5.10 Å². The van der Waals surface area contributed by atoms with E-state index in [1.54, 1.807) is 6.07 Å². The van der Waals surface area contributed by atoms with Gasteiger partial charge in [-0.15, -0.1) is 3.89 Å². The summed E-state index contributed by atoms with van der Waals surface area (Å²) < 4.78 is 33.9. The average Bonchev–Trinajstić information content (AvgIpc) is 2.48. The van der Waals surface area contributed by atoms with Crippen molar-refractivity contribution in [1.29, 1.82) is 0 Å². The van der Waals surface area contributed by atoms with Crippen LogP contribution in [0.1, 0.15) is 0 Å². The van der Waals surface area contributed by atoms with Crippen LogP contribution in [0.15, 0.2) is 29.3 Å². The van der Waals surface area contributed by atoms with Crippen LogP contribution in [0.3, 0.4) is 0 Å². The molecular formula is C7H5FN2O2S. The minimum Gasteiger partial charge on any atom is -0.278 e. The molecule has 0 amide bonds. The van der Waals surface area contributed by atoms with Crippen LogP contribution in [0.5, 0.6) is 0 Å². The van der Waals surface area contributed by atoms with Gasteiger partial charge >= 0.3 is 10.2 Å². The lowest BCUT2D eigenvalue weighted by molar-refractivity contribution is 0.553. The number of halogens is 1. The number of fused-ring (bicyclic) bond motifs is 1. The lowest BCUT2D eigenvalue weighted by atomic mass is 10.3. The average molecular weight is 200 g/mol. The van der Waals surface area contributed by atoms with Crippen molar-refractivity contribution in [3.05, 3.63) is 24.4 Å². The fourth-order valence-electron chi connectivity index (χ4n) is 1.15. The number of nitrogens with zero attached hydrogens (tertiary/aromatic N) is 1. The van der Waals surface area contributed by atoms with Crippen molar-refractivity contribution in [1.82, 2.24) is 10.2 Å². The standard InChI is InChI=1S/C7H5FN2O2S/c8-13(11,12)7-3-1-2-6-5(7)4-9-10-6/h1-4H,(H,9,10). The Morgan fingerprint density at radius 3 is 2.85 bits per heavy atom. The highest BCUT2D eigenvalue weighted by Crippen LogP contribution is 2.22. The maximum atomic E-state index is 12.7. The number of nitrogens with one attached hydrogen (secondary N) is 1. The lowest BCUT2D eigenvalue weighted by Crippen LogP contribution is -1.91. The summed E-state index contributed by atoms with van der Waals surface area (Å²) in [6.07, 6.45) is 1.28. The van der Waals surface area contributed by atoms with Crippen molar-refractivity contribution in [2.75, 3.05) is 0 Å². The second-order valence-corrected chi connectivity index (χ2v) is 3.84. The second kappa shape index (κ2) is 2.53. The van der Waals surface area contributed by atoms with Crippen LogP contribution in [0, 0.1) is 0 Å². The molecule has 0 aliphatic rings. The van der Waals surface area contributed by atoms with E-state index in [4.69, 9.17) is 0 Å². The Hall–Kier alpha value is -1.43. The van der Waals surface area contributed by atoms with E-state index in [9.17, 15) is 12.3 Å². The molecule has 1 aromatic carbocycles. The normalized spacial score (nSPS) is 12.1. The maximum absolute atomic E-state index is 12.7. The maximum Gasteiger partial charge on any atom is 0.332 e. The number of hydrogen-bond acceptors (Lipinski definition) is 3. The Balaban J connectivity index is 2.91. The Kier molecular flexibility index (Phi) is 1.59. The van der Waals surface area contributed by atoms with Crippen LogP contribution >= 0.6 is 0 Å². The largest absolute Gasteiger partial charge is 0.332 e. The molecule has 68 valence electrons. The van der Waals surface area contributed by atoms with Gasteiger partial charge in [-0.25, -0.2) is 0 Å². The Bertz CT molecular complexity index is 546. The van der Waals surface area contributed by atoms with Gasteiger partial charge in [0.2, 0.25) is 0 Å². The number of aromatic amines is 1. The van der Waals surface area contributed by atoms with Crippen LogP contribution < -0.4 is 0 Å². The molecule has 1 aromatic heterocycles. The van der Waals surface area contributed by atoms with Gasteiger partial charge < -0.3 is 0 Å². The topological polar surface area (TPSA) is 62.8 Å². The quantitative estimate of drug-likeness (QED) is 0.704. The Morgan fingerprint density at radius 2 is 2.15 bits per heavy atom. The zero-order valence-corrected chi connectivity index (χ0v) is 7.18. The molecule has 6 heteroatoms. The van der Waals surface area contributed by atoms with Crippen molar-refractivity contribution >= 4 is 21.1 Å². The molecule has 0 fully saturated rings. The molecular weight excluding hydrogens is 195 g/mol. The molecule has 0 saturated heterocycles. The molecule has 13 heavy (non-hydrogen) atoms. The molecule has 0 aliphatic heterocycles. The fraction of sp³-hybridized carbons (Fsp3) is 0. The second-order valence-electron chi connectivity index (χ2n) is 2.53. The summed E-state index contributed by atoms with van der Waals surface area (Å²) in [6, 6.07) is 4.27. The predicted molar refractivity (Wildman–Crippen MR) is 44.4 cm³/mol. The van der Waals surface area contributed by atoms with Crippen molar-refractivity contribution < 1.29 is 12.3 Å². The summed E-state index contributed by atoms with van der Waals surface area (Å²) in [7, 11) is -4.66. The summed E-state index contributed by atoms with van der Waals surface area (Å²) in [4.78, 5) is -0.348. The van der Waals surface area contributed by atoms with Crippen molar-refractivity contribution in [2.45, 2.75) is 4.90 Å². The van der Waals surface area contributed by atoms with Gasteiger partial charge in [0.1, 0.15) is 4.90 Å². The highest BCUT2D eigenvalue weighted by atomic mass is 32.3. The van der Waals surface area contributed by atoms with Crippen molar-refractivity contribution in [3.63, 3.8) is 0 Å². The third-order valence-electron chi connectivity index (χ3n) is 1.71. The van der Waals surface area contributed by atoms with Gasteiger partial charge in [0.25, 0.3) is 0 Å². The van der Waals surface area contributed by atoms with E-state index in [0.29, 0.717) is 5.52 Å². The van der Waals surface area contributed by atoms with Gasteiger partial charge in [0.15, 0.2) is 0 Å². The number of hydrogen-bond donors (Lipinski definition) is 1. The first-order valence-electron chi connectivity index (χ1n) is 3.46. The van der Waals surface area contributed by atoms with Crippen LogP contribution in [0.25, 0.3) is 10.9 Å². The molecule has 2 rings (SSSR count). The molecule has 0 bridgehead atoms.